The van der Waals surface area contributed by atoms with Crippen LogP contribution < -0.4 is 21.1 Å². The van der Waals surface area contributed by atoms with Gasteiger partial charge in [0, 0.05) is 29.2 Å². The SMILES string of the molecule is C#CCOc1cc(-n2nc(C(C)(C)C)oc2=O)c(Cl)cc1Cl.CCC(CC)Nc1c([N+](=O)[O-])cc(C)c(C)c1[N+](=O)[O-].O=C(O)CNCP(=O)(O)O. The molecule has 0 aliphatic carbocycles. The Hall–Kier alpha value is -4.50. The molecule has 5 N–H and O–H groups in total. The number of hydrogen-bond acceptors (Lipinski definition) is 12. The van der Waals surface area contributed by atoms with Crippen LogP contribution in [0.5, 0.6) is 5.75 Å². The molecule has 0 spiro atoms. The molecule has 18 nitrogen and oxygen atoms in total. The van der Waals surface area contributed by atoms with E-state index in [1.54, 1.807) is 13.8 Å². The van der Waals surface area contributed by atoms with Crippen molar-refractivity contribution in [2.45, 2.75) is 72.8 Å². The lowest BCUT2D eigenvalue weighted by molar-refractivity contribution is -0.392. The molecule has 0 aliphatic rings. The zero-order valence-corrected chi connectivity index (χ0v) is 31.8. The molecule has 0 bridgehead atoms. The number of aliphatic carboxylic acids is 1. The van der Waals surface area contributed by atoms with E-state index in [0.29, 0.717) is 28.5 Å². The van der Waals surface area contributed by atoms with Crippen LogP contribution in [0.3, 0.4) is 0 Å². The van der Waals surface area contributed by atoms with Crippen LogP contribution in [0.4, 0.5) is 17.1 Å². The molecule has 0 saturated carbocycles. The van der Waals surface area contributed by atoms with E-state index in [1.165, 1.54) is 18.2 Å². The molecule has 0 radical (unpaired) electrons. The van der Waals surface area contributed by atoms with E-state index < -0.39 is 47.4 Å². The summed E-state index contributed by atoms with van der Waals surface area (Å²) in [6.07, 6.45) is 6.02. The maximum atomic E-state index is 12.0. The number of nitro groups is 2. The number of aryl methyl sites for hydroxylation is 1. The van der Waals surface area contributed by atoms with Gasteiger partial charge in [-0.15, -0.1) is 11.5 Å². The van der Waals surface area contributed by atoms with Gasteiger partial charge in [0.2, 0.25) is 5.89 Å². The molecule has 2 aromatic carbocycles. The number of carboxylic acids is 1. The van der Waals surface area contributed by atoms with Gasteiger partial charge in [-0.05, 0) is 38.3 Å². The van der Waals surface area contributed by atoms with Crippen LogP contribution in [0.25, 0.3) is 5.69 Å². The van der Waals surface area contributed by atoms with Gasteiger partial charge in [-0.1, -0.05) is 63.7 Å². The highest BCUT2D eigenvalue weighted by Gasteiger charge is 2.30. The topological polar surface area (TPSA) is 262 Å². The summed E-state index contributed by atoms with van der Waals surface area (Å²) in [4.78, 5) is 59.5. The molecule has 1 heterocycles. The number of nitrogens with zero attached hydrogens (tertiary/aromatic N) is 4. The normalized spacial score (nSPS) is 11.1. The smallest absolute Gasteiger partial charge is 0.442 e. The van der Waals surface area contributed by atoms with E-state index in [4.69, 9.17) is 53.7 Å². The molecular weight excluding hydrogens is 750 g/mol. The number of terminal acetylenes is 1. The highest BCUT2D eigenvalue weighted by Crippen LogP contribution is 2.40. The van der Waals surface area contributed by atoms with Crippen LogP contribution in [0, 0.1) is 46.4 Å². The number of anilines is 1. The van der Waals surface area contributed by atoms with Crippen LogP contribution in [0.2, 0.25) is 10.0 Å². The van der Waals surface area contributed by atoms with Crippen LogP contribution in [-0.4, -0.2) is 66.0 Å². The zero-order chi connectivity index (χ0) is 40.1. The van der Waals surface area contributed by atoms with Gasteiger partial charge in [-0.25, -0.2) is 4.79 Å². The van der Waals surface area contributed by atoms with Crippen LogP contribution in [0.15, 0.2) is 27.4 Å². The van der Waals surface area contributed by atoms with Crippen molar-refractivity contribution < 1.29 is 43.3 Å². The summed E-state index contributed by atoms with van der Waals surface area (Å²) in [5.74, 6) is 1.16. The molecule has 1 aromatic heterocycles. The Balaban J connectivity index is 0.000000418. The lowest BCUT2D eigenvalue weighted by Crippen LogP contribution is -2.23. The molecule has 0 amide bonds. The van der Waals surface area contributed by atoms with E-state index in [1.807, 2.05) is 34.6 Å². The van der Waals surface area contributed by atoms with Crippen LogP contribution >= 0.6 is 30.8 Å². The third-order valence-corrected chi connectivity index (χ3v) is 8.06. The Morgan fingerprint density at radius 2 is 1.73 bits per heavy atom. The maximum Gasteiger partial charge on any atom is 0.442 e. The van der Waals surface area contributed by atoms with Crippen molar-refractivity contribution in [1.82, 2.24) is 15.1 Å². The zero-order valence-electron chi connectivity index (χ0n) is 29.4. The number of aromatic nitrogens is 2. The maximum absolute atomic E-state index is 12.0. The number of hydrogen-bond donors (Lipinski definition) is 5. The summed E-state index contributed by atoms with van der Waals surface area (Å²) >= 11 is 12.2. The lowest BCUT2D eigenvalue weighted by atomic mass is 9.97. The van der Waals surface area contributed by atoms with Crippen molar-refractivity contribution in [1.29, 1.82) is 0 Å². The first kappa shape index (κ1) is 45.5. The van der Waals surface area contributed by atoms with E-state index in [0.717, 1.165) is 17.5 Å². The number of benzene rings is 2. The van der Waals surface area contributed by atoms with Gasteiger partial charge in [0.05, 0.1) is 38.4 Å². The minimum absolute atomic E-state index is 0.0109. The fourth-order valence-corrected chi connectivity index (χ4v) is 4.97. The summed E-state index contributed by atoms with van der Waals surface area (Å²) < 4.78 is 21.6. The molecule has 52 heavy (non-hydrogen) atoms. The predicted octanol–water partition coefficient (Wildman–Crippen LogP) is 5.96. The van der Waals surface area contributed by atoms with Gasteiger partial charge < -0.3 is 29.4 Å². The lowest BCUT2D eigenvalue weighted by Gasteiger charge is -2.17. The Morgan fingerprint density at radius 1 is 1.13 bits per heavy atom. The largest absolute Gasteiger partial charge is 0.480 e. The van der Waals surface area contributed by atoms with Crippen molar-refractivity contribution in [3.05, 3.63) is 76.0 Å². The Labute approximate surface area is 308 Å². The summed E-state index contributed by atoms with van der Waals surface area (Å²) in [6.45, 7) is 12.4. The molecule has 3 aromatic rings. The minimum atomic E-state index is -4.10. The molecule has 0 saturated heterocycles. The summed E-state index contributed by atoms with van der Waals surface area (Å²) in [5.41, 5.74) is 0.452. The fourth-order valence-electron chi connectivity index (χ4n) is 4.05. The van der Waals surface area contributed by atoms with Crippen molar-refractivity contribution in [2.75, 3.05) is 24.8 Å². The summed E-state index contributed by atoms with van der Waals surface area (Å²) in [6, 6.07) is 4.31. The highest BCUT2D eigenvalue weighted by molar-refractivity contribution is 7.51. The van der Waals surface area contributed by atoms with Gasteiger partial charge in [0.25, 0.3) is 5.69 Å². The van der Waals surface area contributed by atoms with Crippen molar-refractivity contribution in [3.63, 3.8) is 0 Å². The van der Waals surface area contributed by atoms with Gasteiger partial charge >= 0.3 is 25.0 Å². The van der Waals surface area contributed by atoms with E-state index in [9.17, 15) is 34.4 Å². The molecule has 286 valence electrons. The number of rotatable bonds is 13. The Kier molecular flexibility index (Phi) is 17.4. The predicted molar refractivity (Wildman–Crippen MR) is 195 cm³/mol. The minimum Gasteiger partial charge on any atom is -0.480 e. The number of carbonyl (C=O) groups is 1. The number of halogens is 2. The second-order valence-electron chi connectivity index (χ2n) is 11.9. The summed E-state index contributed by atoms with van der Waals surface area (Å²) in [7, 11) is -4.10. The average molecular weight is 792 g/mol. The van der Waals surface area contributed by atoms with Gasteiger partial charge in [0.15, 0.2) is 5.69 Å². The van der Waals surface area contributed by atoms with Gasteiger partial charge in [-0.3, -0.25) is 34.9 Å². The number of nitro benzene ring substituents is 2. The first-order valence-electron chi connectivity index (χ1n) is 15.3. The van der Waals surface area contributed by atoms with E-state index in [-0.39, 0.29) is 39.8 Å². The van der Waals surface area contributed by atoms with Crippen LogP contribution in [0.1, 0.15) is 64.5 Å². The van der Waals surface area contributed by atoms with Crippen molar-refractivity contribution >= 4 is 53.8 Å². The first-order valence-corrected chi connectivity index (χ1v) is 17.9. The molecule has 0 aliphatic heterocycles. The fraction of sp³-hybridized carbons (Fsp3) is 0.452. The second-order valence-corrected chi connectivity index (χ2v) is 14.4. The highest BCUT2D eigenvalue weighted by atomic mass is 35.5. The Morgan fingerprint density at radius 3 is 2.17 bits per heavy atom. The standard InChI is InChI=1S/C15H14Cl2N2O3.C13H19N3O4.C3H8NO5P/c1-5-6-21-12-8-11(9(16)7-10(12)17)19-14(20)22-13(18-19)15(2,3)4;1-5-10(6-2)14-12-11(15(17)18)7-8(3)9(4)13(12)16(19)20;5-3(6)1-4-2-10(7,8)9/h1,7-8H,6H2,2-4H3;7,10,14H,5-6H2,1-4H3;4H,1-2H2,(H,5,6)(H2,7,8,9). The van der Waals surface area contributed by atoms with Crippen LogP contribution in [-0.2, 0) is 14.8 Å². The first-order chi connectivity index (χ1) is 24.0. The quantitative estimate of drug-likeness (QED) is 0.0579. The third-order valence-electron chi connectivity index (χ3n) is 6.83. The molecule has 0 unspecified atom stereocenters. The molecule has 21 heteroatoms. The number of nitrogens with one attached hydrogen (secondary N) is 2. The van der Waals surface area contributed by atoms with Gasteiger partial charge in [0.1, 0.15) is 12.4 Å². The van der Waals surface area contributed by atoms with E-state index in [2.05, 4.69) is 21.7 Å². The Bertz CT molecular complexity index is 1890. The van der Waals surface area contributed by atoms with E-state index >= 15 is 0 Å². The third kappa shape index (κ3) is 13.9. The van der Waals surface area contributed by atoms with Crippen molar-refractivity contribution in [2.24, 2.45) is 0 Å². The number of ether oxygens (including phenoxy) is 1. The average Bonchev–Trinajstić information content (AvgIpc) is 3.42. The molecule has 3 rings (SSSR count). The molecular formula is C31H41Cl2N6O12P. The number of carboxylic acid groups (broad SMARTS) is 1. The molecule has 0 fully saturated rings. The second kappa shape index (κ2) is 19.9. The molecule has 0 atom stereocenters. The van der Waals surface area contributed by atoms with Gasteiger partial charge in [-0.2, -0.15) is 4.68 Å². The monoisotopic (exact) mass is 790 g/mol. The summed E-state index contributed by atoms with van der Waals surface area (Å²) in [5, 5.41) is 40.2. The van der Waals surface area contributed by atoms with Crippen molar-refractivity contribution in [3.8, 4) is 23.8 Å².